The van der Waals surface area contributed by atoms with Crippen LogP contribution in [0.2, 0.25) is 0 Å². The van der Waals surface area contributed by atoms with Gasteiger partial charge in [0, 0.05) is 61.9 Å². The summed E-state index contributed by atoms with van der Waals surface area (Å²) in [7, 11) is 0. The Morgan fingerprint density at radius 3 is 2.37 bits per heavy atom. The van der Waals surface area contributed by atoms with Gasteiger partial charge in [0.05, 0.1) is 11.2 Å². The van der Waals surface area contributed by atoms with Gasteiger partial charge in [-0.3, -0.25) is 4.98 Å². The van der Waals surface area contributed by atoms with Crippen LogP contribution in [0.5, 0.6) is 0 Å². The van der Waals surface area contributed by atoms with E-state index in [1.165, 1.54) is 0 Å². The first-order valence-corrected chi connectivity index (χ1v) is 10.00. The number of rotatable bonds is 4. The van der Waals surface area contributed by atoms with Crippen molar-refractivity contribution in [3.8, 4) is 0 Å². The van der Waals surface area contributed by atoms with Gasteiger partial charge in [-0.2, -0.15) is 4.98 Å². The van der Waals surface area contributed by atoms with Gasteiger partial charge in [-0.25, -0.2) is 15.0 Å². The third-order valence-electron chi connectivity index (χ3n) is 5.16. The molecule has 1 N–H and O–H groups in total. The molecule has 1 aromatic carbocycles. The van der Waals surface area contributed by atoms with Gasteiger partial charge in [0.1, 0.15) is 5.82 Å². The van der Waals surface area contributed by atoms with Gasteiger partial charge in [0.15, 0.2) is 0 Å². The molecule has 1 aliphatic heterocycles. The molecule has 1 aliphatic rings. The topological polar surface area (TPSA) is 83.0 Å². The maximum Gasteiger partial charge on any atom is 0.229 e. The molecule has 0 aliphatic carbocycles. The predicted molar refractivity (Wildman–Crippen MR) is 118 cm³/mol. The number of benzene rings is 1. The first-order valence-electron chi connectivity index (χ1n) is 10.00. The molecule has 8 nitrogen and oxygen atoms in total. The van der Waals surface area contributed by atoms with E-state index in [1.807, 2.05) is 49.4 Å². The van der Waals surface area contributed by atoms with Crippen molar-refractivity contribution in [1.82, 2.24) is 24.9 Å². The molecular formula is C22H22N8. The summed E-state index contributed by atoms with van der Waals surface area (Å²) in [5, 5.41) is 4.44. The third-order valence-corrected chi connectivity index (χ3v) is 5.16. The molecular weight excluding hydrogens is 376 g/mol. The van der Waals surface area contributed by atoms with Crippen LogP contribution in [0.15, 0.2) is 61.1 Å². The molecule has 0 amide bonds. The first-order chi connectivity index (χ1) is 14.8. The fourth-order valence-corrected chi connectivity index (χ4v) is 3.69. The predicted octanol–water partition coefficient (Wildman–Crippen LogP) is 3.19. The number of hydrogen-bond acceptors (Lipinski definition) is 8. The minimum atomic E-state index is 0.581. The van der Waals surface area contributed by atoms with Crippen LogP contribution in [0.1, 0.15) is 5.69 Å². The van der Waals surface area contributed by atoms with Crippen molar-refractivity contribution < 1.29 is 0 Å². The van der Waals surface area contributed by atoms with Crippen LogP contribution < -0.4 is 15.1 Å². The van der Waals surface area contributed by atoms with Crippen LogP contribution in [0.3, 0.4) is 0 Å². The Hall–Kier alpha value is -3.81. The lowest BCUT2D eigenvalue weighted by molar-refractivity contribution is 0.634. The van der Waals surface area contributed by atoms with E-state index < -0.39 is 0 Å². The SMILES string of the molecule is Cc1cc(N2CCN(c3ncccn3)CC2)nc(Nc2cccc3cccnc23)n1. The Kier molecular flexibility index (Phi) is 4.80. The minimum Gasteiger partial charge on any atom is -0.353 e. The second kappa shape index (κ2) is 7.90. The number of pyridine rings is 1. The van der Waals surface area contributed by atoms with Crippen LogP contribution in [0, 0.1) is 6.92 Å². The minimum absolute atomic E-state index is 0.581. The molecule has 1 saturated heterocycles. The molecule has 0 atom stereocenters. The second-order valence-electron chi connectivity index (χ2n) is 7.22. The van der Waals surface area contributed by atoms with Crippen molar-refractivity contribution in [2.24, 2.45) is 0 Å². The van der Waals surface area contributed by atoms with E-state index in [0.717, 1.165) is 60.2 Å². The van der Waals surface area contributed by atoms with Crippen LogP contribution in [0.25, 0.3) is 10.9 Å². The van der Waals surface area contributed by atoms with Gasteiger partial charge < -0.3 is 15.1 Å². The number of aromatic nitrogens is 5. The number of nitrogens with one attached hydrogen (secondary N) is 1. The van der Waals surface area contributed by atoms with Crippen molar-refractivity contribution in [3.05, 3.63) is 66.7 Å². The first kappa shape index (κ1) is 18.2. The number of fused-ring (bicyclic) bond motifs is 1. The number of para-hydroxylation sites is 1. The summed E-state index contributed by atoms with van der Waals surface area (Å²) < 4.78 is 0. The lowest BCUT2D eigenvalue weighted by Crippen LogP contribution is -2.47. The van der Waals surface area contributed by atoms with Crippen molar-refractivity contribution in [1.29, 1.82) is 0 Å². The van der Waals surface area contributed by atoms with Gasteiger partial charge in [-0.05, 0) is 25.1 Å². The maximum absolute atomic E-state index is 4.78. The Bertz CT molecular complexity index is 1150. The average Bonchev–Trinajstić information content (AvgIpc) is 2.80. The Morgan fingerprint density at radius 1 is 0.800 bits per heavy atom. The molecule has 4 aromatic rings. The zero-order chi connectivity index (χ0) is 20.3. The summed E-state index contributed by atoms with van der Waals surface area (Å²) in [6, 6.07) is 13.9. The van der Waals surface area contributed by atoms with E-state index in [2.05, 4.69) is 35.1 Å². The highest BCUT2D eigenvalue weighted by Crippen LogP contribution is 2.25. The Balaban J connectivity index is 1.35. The van der Waals surface area contributed by atoms with Crippen LogP contribution >= 0.6 is 0 Å². The maximum atomic E-state index is 4.78. The van der Waals surface area contributed by atoms with Crippen molar-refractivity contribution >= 4 is 34.3 Å². The van der Waals surface area contributed by atoms with E-state index in [-0.39, 0.29) is 0 Å². The van der Waals surface area contributed by atoms with Gasteiger partial charge in [-0.1, -0.05) is 18.2 Å². The lowest BCUT2D eigenvalue weighted by atomic mass is 10.2. The fourth-order valence-electron chi connectivity index (χ4n) is 3.69. The summed E-state index contributed by atoms with van der Waals surface area (Å²) in [6.45, 7) is 5.39. The monoisotopic (exact) mass is 398 g/mol. The lowest BCUT2D eigenvalue weighted by Gasteiger charge is -2.35. The van der Waals surface area contributed by atoms with E-state index in [9.17, 15) is 0 Å². The zero-order valence-corrected chi connectivity index (χ0v) is 16.7. The highest BCUT2D eigenvalue weighted by atomic mass is 15.3. The third kappa shape index (κ3) is 3.71. The number of anilines is 4. The molecule has 0 saturated carbocycles. The van der Waals surface area contributed by atoms with Gasteiger partial charge in [0.25, 0.3) is 0 Å². The van der Waals surface area contributed by atoms with E-state index in [4.69, 9.17) is 4.98 Å². The number of nitrogens with zero attached hydrogens (tertiary/aromatic N) is 7. The summed E-state index contributed by atoms with van der Waals surface area (Å²) in [6.07, 6.45) is 5.36. The summed E-state index contributed by atoms with van der Waals surface area (Å²) in [5.41, 5.74) is 2.73. The average molecular weight is 398 g/mol. The molecule has 150 valence electrons. The molecule has 0 unspecified atom stereocenters. The zero-order valence-electron chi connectivity index (χ0n) is 16.7. The van der Waals surface area contributed by atoms with Crippen molar-refractivity contribution in [2.75, 3.05) is 41.3 Å². The van der Waals surface area contributed by atoms with E-state index in [1.54, 1.807) is 18.6 Å². The Morgan fingerprint density at radius 2 is 1.53 bits per heavy atom. The molecule has 4 heterocycles. The highest BCUT2D eigenvalue weighted by Gasteiger charge is 2.20. The molecule has 0 radical (unpaired) electrons. The standard InChI is InChI=1S/C22H22N8/c1-16-15-19(29-11-13-30(14-12-29)22-24-9-4-10-25-22)28-21(26-16)27-18-7-2-5-17-6-3-8-23-20(17)18/h2-10,15H,11-14H2,1H3,(H,26,27,28). The largest absolute Gasteiger partial charge is 0.353 e. The van der Waals surface area contributed by atoms with Crippen LogP contribution in [-0.4, -0.2) is 51.1 Å². The van der Waals surface area contributed by atoms with Gasteiger partial charge >= 0.3 is 0 Å². The fraction of sp³-hybridized carbons (Fsp3) is 0.227. The molecule has 30 heavy (non-hydrogen) atoms. The van der Waals surface area contributed by atoms with Gasteiger partial charge in [-0.15, -0.1) is 0 Å². The molecule has 3 aromatic heterocycles. The van der Waals surface area contributed by atoms with Gasteiger partial charge in [0.2, 0.25) is 11.9 Å². The van der Waals surface area contributed by atoms with Crippen molar-refractivity contribution in [3.63, 3.8) is 0 Å². The van der Waals surface area contributed by atoms with Crippen LogP contribution in [0.4, 0.5) is 23.4 Å². The van der Waals surface area contributed by atoms with E-state index in [0.29, 0.717) is 5.95 Å². The summed E-state index contributed by atoms with van der Waals surface area (Å²) in [5.74, 6) is 2.28. The summed E-state index contributed by atoms with van der Waals surface area (Å²) in [4.78, 5) is 27.1. The normalized spacial score (nSPS) is 14.2. The molecule has 5 rings (SSSR count). The molecule has 0 bridgehead atoms. The van der Waals surface area contributed by atoms with Crippen molar-refractivity contribution in [2.45, 2.75) is 6.92 Å². The number of piperazine rings is 1. The molecule has 8 heteroatoms. The number of hydrogen-bond donors (Lipinski definition) is 1. The molecule has 0 spiro atoms. The summed E-state index contributed by atoms with van der Waals surface area (Å²) >= 11 is 0. The number of aryl methyl sites for hydroxylation is 1. The molecule has 1 fully saturated rings. The highest BCUT2D eigenvalue weighted by molar-refractivity contribution is 5.91. The Labute approximate surface area is 174 Å². The quantitative estimate of drug-likeness (QED) is 0.561. The van der Waals surface area contributed by atoms with Crippen LogP contribution in [-0.2, 0) is 0 Å². The second-order valence-corrected chi connectivity index (χ2v) is 7.22. The smallest absolute Gasteiger partial charge is 0.229 e. The van der Waals surface area contributed by atoms with E-state index >= 15 is 0 Å².